The number of fused-ring (bicyclic) bond motifs is 1. The third kappa shape index (κ3) is 6.47. The molecule has 15 nitrogen and oxygen atoms in total. The molecular weight excluding hydrogens is 572 g/mol. The quantitative estimate of drug-likeness (QED) is 0.0661. The molecule has 0 aliphatic rings. The summed E-state index contributed by atoms with van der Waals surface area (Å²) in [6.07, 6.45) is -3.40. The second kappa shape index (κ2) is 11.5. The van der Waals surface area contributed by atoms with E-state index in [0.717, 1.165) is 18.2 Å². The van der Waals surface area contributed by atoms with Crippen LogP contribution in [0.3, 0.4) is 0 Å². The molecule has 3 aromatic carbocycles. The summed E-state index contributed by atoms with van der Waals surface area (Å²) in [6.45, 7) is 0. The van der Waals surface area contributed by atoms with Crippen molar-refractivity contribution in [2.24, 2.45) is 10.9 Å². The number of sulfonamides is 1. The number of nitrogens with one attached hydrogen (secondary N) is 3. The van der Waals surface area contributed by atoms with Crippen molar-refractivity contribution in [2.75, 3.05) is 0 Å². The highest BCUT2D eigenvalue weighted by Gasteiger charge is 2.24. The smallest absolute Gasteiger partial charge is 0.305 e. The molecule has 1 atom stereocenters. The van der Waals surface area contributed by atoms with Crippen molar-refractivity contribution in [3.63, 3.8) is 0 Å². The van der Waals surface area contributed by atoms with Gasteiger partial charge in [-0.3, -0.25) is 15.0 Å². The second-order valence-corrected chi connectivity index (χ2v) is 10.9. The summed E-state index contributed by atoms with van der Waals surface area (Å²) in [4.78, 5) is 30.9. The molecule has 0 saturated carbocycles. The molecule has 0 aliphatic carbocycles. The first kappa shape index (κ1) is 29.9. The van der Waals surface area contributed by atoms with Gasteiger partial charge < -0.3 is 41.6 Å². The zero-order chi connectivity index (χ0) is 30.9. The number of aliphatic hydroxyl groups is 2. The molecule has 4 rings (SSSR count). The molecule has 1 amide bonds. The Balaban J connectivity index is 1.87. The van der Waals surface area contributed by atoms with Crippen molar-refractivity contribution in [3.8, 4) is 34.0 Å². The summed E-state index contributed by atoms with van der Waals surface area (Å²) in [5.74, 6) is -3.16. The van der Waals surface area contributed by atoms with Gasteiger partial charge in [0.1, 0.15) is 23.2 Å². The number of aromatic nitrogens is 2. The summed E-state index contributed by atoms with van der Waals surface area (Å²) in [7, 11) is -4.21. The average Bonchev–Trinajstić information content (AvgIpc) is 3.32. The number of aliphatic hydroxyl groups excluding tert-OH is 1. The molecule has 1 heterocycles. The van der Waals surface area contributed by atoms with Gasteiger partial charge in [-0.15, -0.1) is 0 Å². The van der Waals surface area contributed by atoms with Crippen LogP contribution < -0.4 is 16.2 Å². The number of carbonyl (C=O) groups excluding carboxylic acids is 1. The highest BCUT2D eigenvalue weighted by molar-refractivity contribution is 7.89. The highest BCUT2D eigenvalue weighted by Crippen LogP contribution is 2.42. The number of H-pyrrole nitrogens is 1. The highest BCUT2D eigenvalue weighted by atomic mass is 32.2. The summed E-state index contributed by atoms with van der Waals surface area (Å²) in [5.41, 5.74) is 6.82. The maximum atomic E-state index is 12.8. The molecule has 0 aliphatic heterocycles. The van der Waals surface area contributed by atoms with E-state index < -0.39 is 58.6 Å². The number of rotatable bonds is 10. The van der Waals surface area contributed by atoms with Crippen LogP contribution in [-0.4, -0.2) is 74.0 Å². The van der Waals surface area contributed by atoms with Crippen molar-refractivity contribution in [2.45, 2.75) is 30.1 Å². The lowest BCUT2D eigenvalue weighted by Crippen LogP contribution is -2.45. The van der Waals surface area contributed by atoms with E-state index in [1.165, 1.54) is 12.1 Å². The van der Waals surface area contributed by atoms with Gasteiger partial charge in [-0.1, -0.05) is 0 Å². The van der Waals surface area contributed by atoms with Crippen LogP contribution in [0.5, 0.6) is 11.5 Å². The topological polar surface area (TPSA) is 286 Å². The number of imidazole rings is 1. The minimum absolute atomic E-state index is 0.0283. The molecule has 0 radical (unpaired) electrons. The Morgan fingerprint density at radius 1 is 1.02 bits per heavy atom. The number of amidine groups is 1. The number of aliphatic carboxylic acids is 1. The maximum Gasteiger partial charge on any atom is 0.305 e. The molecule has 0 bridgehead atoms. The number of carboxylic acids is 1. The molecule has 0 spiro atoms. The molecule has 4 aromatic rings. The number of benzene rings is 3. The van der Waals surface area contributed by atoms with Crippen molar-refractivity contribution in [1.82, 2.24) is 15.3 Å². The summed E-state index contributed by atoms with van der Waals surface area (Å²) >= 11 is 0. The van der Waals surface area contributed by atoms with E-state index in [0.29, 0.717) is 16.6 Å². The lowest BCUT2D eigenvalue weighted by molar-refractivity contribution is -0.142. The van der Waals surface area contributed by atoms with Crippen LogP contribution in [0.4, 0.5) is 0 Å². The first-order valence-corrected chi connectivity index (χ1v) is 13.6. The minimum atomic E-state index is -4.21. The number of aromatic amines is 1. The molecule has 16 heteroatoms. The number of hydrogen-bond donors (Lipinski definition) is 10. The predicted octanol–water partition coefficient (Wildman–Crippen LogP) is 0.0523. The van der Waals surface area contributed by atoms with E-state index in [1.807, 2.05) is 0 Å². The predicted molar refractivity (Wildman–Crippen MR) is 149 cm³/mol. The molecule has 12 N–H and O–H groups in total. The number of aromatic hydroxyl groups is 2. The largest absolute Gasteiger partial charge is 0.507 e. The van der Waals surface area contributed by atoms with Gasteiger partial charge in [-0.25, -0.2) is 18.5 Å². The summed E-state index contributed by atoms with van der Waals surface area (Å²) in [6, 6.07) is 9.04. The third-order valence-corrected chi connectivity index (χ3v) is 7.18. The average molecular weight is 599 g/mol. The first-order chi connectivity index (χ1) is 19.6. The van der Waals surface area contributed by atoms with Gasteiger partial charge in [0.25, 0.3) is 0 Å². The number of hydrogen-bond acceptors (Lipinski definition) is 10. The van der Waals surface area contributed by atoms with Gasteiger partial charge in [0, 0.05) is 16.7 Å². The van der Waals surface area contributed by atoms with Gasteiger partial charge in [0.15, 0.2) is 6.29 Å². The van der Waals surface area contributed by atoms with Crippen LogP contribution >= 0.6 is 0 Å². The number of carbonyl (C=O) groups is 2. The summed E-state index contributed by atoms with van der Waals surface area (Å²) < 4.78 is 24.0. The van der Waals surface area contributed by atoms with Crippen LogP contribution in [0.15, 0.2) is 53.4 Å². The van der Waals surface area contributed by atoms with Crippen LogP contribution in [0.2, 0.25) is 0 Å². The number of nitrogen functional groups attached to an aromatic ring is 1. The Bertz CT molecular complexity index is 1840. The van der Waals surface area contributed by atoms with Gasteiger partial charge >= 0.3 is 5.97 Å². The maximum absolute atomic E-state index is 12.8. The number of primary sulfonamides is 1. The lowest BCUT2D eigenvalue weighted by atomic mass is 9.95. The van der Waals surface area contributed by atoms with Gasteiger partial charge in [0.2, 0.25) is 15.9 Å². The van der Waals surface area contributed by atoms with Crippen LogP contribution in [-0.2, 0) is 26.0 Å². The van der Waals surface area contributed by atoms with Gasteiger partial charge in [-0.2, -0.15) is 0 Å². The standard InChI is InChI=1S/C26H26N6O9S/c27-24(28)12-1-3-17-18(8-12)32-25(31-17)16-6-11(7-21(34)30-19(26(38)39)10-22(35)36)5-15(23(16)37)14-9-13(42(29,40)41)2-4-20(14)33/h1-6,8-9,19,26,33,37-39H,7,10H2,(H3,27,28)(H,30,34)(H,31,32)(H,35,36)(H2,29,40,41)/t19-/m0/s1. The minimum Gasteiger partial charge on any atom is -0.507 e. The van der Waals surface area contributed by atoms with Crippen molar-refractivity contribution in [1.29, 1.82) is 5.41 Å². The molecule has 1 aromatic heterocycles. The second-order valence-electron chi connectivity index (χ2n) is 9.36. The monoisotopic (exact) mass is 598 g/mol. The number of phenolic OH excluding ortho intramolecular Hbond substituents is 2. The van der Waals surface area contributed by atoms with E-state index >= 15 is 0 Å². The van der Waals surface area contributed by atoms with Gasteiger partial charge in [-0.05, 0) is 54.1 Å². The molecule has 42 heavy (non-hydrogen) atoms. The van der Waals surface area contributed by atoms with E-state index in [1.54, 1.807) is 18.2 Å². The van der Waals surface area contributed by atoms with E-state index in [4.69, 9.17) is 21.4 Å². The normalized spacial score (nSPS) is 12.4. The fourth-order valence-corrected chi connectivity index (χ4v) is 4.80. The van der Waals surface area contributed by atoms with Crippen molar-refractivity contribution >= 4 is 38.8 Å². The fraction of sp³-hybridized carbons (Fsp3) is 0.154. The van der Waals surface area contributed by atoms with Crippen molar-refractivity contribution in [3.05, 3.63) is 59.7 Å². The number of carboxylic acid groups (broad SMARTS) is 1. The number of phenols is 2. The zero-order valence-electron chi connectivity index (χ0n) is 21.6. The number of nitrogens with zero attached hydrogens (tertiary/aromatic N) is 1. The zero-order valence-corrected chi connectivity index (χ0v) is 22.4. The Morgan fingerprint density at radius 2 is 1.71 bits per heavy atom. The number of nitrogens with two attached hydrogens (primary N) is 2. The van der Waals surface area contributed by atoms with E-state index in [2.05, 4.69) is 15.3 Å². The Hall–Kier alpha value is -5.03. The van der Waals surface area contributed by atoms with E-state index in [9.17, 15) is 38.4 Å². The Morgan fingerprint density at radius 3 is 2.33 bits per heavy atom. The molecule has 0 saturated heterocycles. The fourth-order valence-electron chi connectivity index (χ4n) is 4.26. The van der Waals surface area contributed by atoms with Crippen LogP contribution in [0, 0.1) is 5.41 Å². The van der Waals surface area contributed by atoms with Crippen LogP contribution in [0.25, 0.3) is 33.5 Å². The van der Waals surface area contributed by atoms with E-state index in [-0.39, 0.29) is 38.8 Å². The van der Waals surface area contributed by atoms with Gasteiger partial charge in [0.05, 0.1) is 40.4 Å². The molecule has 0 fully saturated rings. The molecular formula is C26H26N6O9S. The Kier molecular flexibility index (Phi) is 8.17. The summed E-state index contributed by atoms with van der Waals surface area (Å²) in [5, 5.41) is 65.0. The Labute approximate surface area is 237 Å². The number of amides is 1. The molecule has 220 valence electrons. The molecule has 0 unspecified atom stereocenters. The third-order valence-electron chi connectivity index (χ3n) is 6.27. The lowest BCUT2D eigenvalue weighted by Gasteiger charge is -2.19. The SMILES string of the molecule is N=C(N)c1ccc2nc(-c3cc(CC(=O)N[C@@H](CC(=O)O)C(O)O)cc(-c4cc(S(N)(=O)=O)ccc4O)c3O)[nH]c2c1. The van der Waals surface area contributed by atoms with Crippen molar-refractivity contribution < 1.29 is 43.5 Å². The van der Waals surface area contributed by atoms with Crippen LogP contribution in [0.1, 0.15) is 17.5 Å². The first-order valence-electron chi connectivity index (χ1n) is 12.1.